The molecular weight excluding hydrogens is 242 g/mol. The predicted molar refractivity (Wildman–Crippen MR) is 81.4 cm³/mol. The van der Waals surface area contributed by atoms with Gasteiger partial charge in [0.2, 0.25) is 0 Å². The van der Waals surface area contributed by atoms with Crippen molar-refractivity contribution in [3.05, 3.63) is 0 Å². The Morgan fingerprint density at radius 2 is 2.28 bits per heavy atom. The number of amidine groups is 1. The second kappa shape index (κ2) is 6.80. The molecule has 104 valence electrons. The van der Waals surface area contributed by atoms with E-state index in [1.54, 1.807) is 0 Å². The summed E-state index contributed by atoms with van der Waals surface area (Å²) in [6, 6.07) is 0.700. The normalized spacial score (nSPS) is 29.7. The number of likely N-dealkylation sites (N-methyl/N-ethyl adjacent to an activating group) is 1. The van der Waals surface area contributed by atoms with Gasteiger partial charge in [-0.05, 0) is 38.8 Å². The van der Waals surface area contributed by atoms with Crippen LogP contribution in [0.1, 0.15) is 39.5 Å². The van der Waals surface area contributed by atoms with Gasteiger partial charge < -0.3 is 10.2 Å². The number of hydrogen-bond donors (Lipinski definition) is 1. The van der Waals surface area contributed by atoms with Crippen LogP contribution in [0.3, 0.4) is 0 Å². The van der Waals surface area contributed by atoms with E-state index in [1.807, 2.05) is 11.8 Å². The minimum atomic E-state index is 0.700. The highest BCUT2D eigenvalue weighted by molar-refractivity contribution is 8.14. The van der Waals surface area contributed by atoms with E-state index in [9.17, 15) is 0 Å². The molecule has 3 nitrogen and oxygen atoms in total. The van der Waals surface area contributed by atoms with E-state index >= 15 is 0 Å². The van der Waals surface area contributed by atoms with Crippen LogP contribution in [-0.4, -0.2) is 48.0 Å². The number of nitrogens with one attached hydrogen (secondary N) is 1. The van der Waals surface area contributed by atoms with E-state index < -0.39 is 0 Å². The Labute approximate surface area is 116 Å². The minimum absolute atomic E-state index is 0.700. The first kappa shape index (κ1) is 14.2. The lowest BCUT2D eigenvalue weighted by Gasteiger charge is -2.32. The zero-order valence-corrected chi connectivity index (χ0v) is 12.8. The van der Waals surface area contributed by atoms with Crippen LogP contribution in [-0.2, 0) is 0 Å². The van der Waals surface area contributed by atoms with Gasteiger partial charge in [-0.1, -0.05) is 32.0 Å². The third-order valence-corrected chi connectivity index (χ3v) is 5.03. The van der Waals surface area contributed by atoms with Crippen molar-refractivity contribution in [1.29, 1.82) is 0 Å². The molecule has 18 heavy (non-hydrogen) atoms. The van der Waals surface area contributed by atoms with Gasteiger partial charge in [0.25, 0.3) is 0 Å². The molecule has 2 heterocycles. The van der Waals surface area contributed by atoms with Crippen molar-refractivity contribution >= 4 is 16.9 Å². The summed E-state index contributed by atoms with van der Waals surface area (Å²) in [6.07, 6.45) is 5.35. The van der Waals surface area contributed by atoms with Gasteiger partial charge in [0.15, 0.2) is 5.17 Å². The Morgan fingerprint density at radius 3 is 3.00 bits per heavy atom. The second-order valence-corrected chi connectivity index (χ2v) is 7.32. The smallest absolute Gasteiger partial charge is 0.156 e. The summed E-state index contributed by atoms with van der Waals surface area (Å²) in [6.45, 7) is 7.91. The SMILES string of the molecule is CC(C)CC1CN=C(NCC2CCCCN2C)S1. The lowest BCUT2D eigenvalue weighted by atomic mass is 10.0. The van der Waals surface area contributed by atoms with Crippen LogP contribution in [0.25, 0.3) is 0 Å². The van der Waals surface area contributed by atoms with E-state index in [0.29, 0.717) is 11.3 Å². The van der Waals surface area contributed by atoms with Crippen LogP contribution in [0.4, 0.5) is 0 Å². The number of aliphatic imine (C=N–C) groups is 1. The highest BCUT2D eigenvalue weighted by atomic mass is 32.2. The maximum Gasteiger partial charge on any atom is 0.156 e. The summed E-state index contributed by atoms with van der Waals surface area (Å²) in [7, 11) is 2.25. The molecule has 0 bridgehead atoms. The lowest BCUT2D eigenvalue weighted by molar-refractivity contribution is 0.187. The maximum absolute atomic E-state index is 4.63. The largest absolute Gasteiger partial charge is 0.363 e. The molecular formula is C14H27N3S. The van der Waals surface area contributed by atoms with Gasteiger partial charge in [-0.25, -0.2) is 0 Å². The summed E-state index contributed by atoms with van der Waals surface area (Å²) >= 11 is 1.95. The molecule has 0 saturated carbocycles. The monoisotopic (exact) mass is 269 g/mol. The molecule has 0 aromatic heterocycles. The fourth-order valence-electron chi connectivity index (χ4n) is 2.77. The number of rotatable bonds is 4. The molecule has 0 aliphatic carbocycles. The quantitative estimate of drug-likeness (QED) is 0.850. The molecule has 4 heteroatoms. The van der Waals surface area contributed by atoms with E-state index in [0.717, 1.165) is 19.0 Å². The van der Waals surface area contributed by atoms with Gasteiger partial charge in [0.1, 0.15) is 0 Å². The van der Waals surface area contributed by atoms with E-state index in [-0.39, 0.29) is 0 Å². The molecule has 2 atom stereocenters. The molecule has 0 aromatic carbocycles. The van der Waals surface area contributed by atoms with Crippen molar-refractivity contribution in [3.8, 4) is 0 Å². The topological polar surface area (TPSA) is 27.6 Å². The van der Waals surface area contributed by atoms with Gasteiger partial charge in [-0.3, -0.25) is 4.99 Å². The first-order chi connectivity index (χ1) is 8.65. The minimum Gasteiger partial charge on any atom is -0.363 e. The molecule has 2 aliphatic heterocycles. The molecule has 2 aliphatic rings. The Hall–Kier alpha value is -0.220. The second-order valence-electron chi connectivity index (χ2n) is 6.03. The maximum atomic E-state index is 4.63. The Balaban J connectivity index is 1.68. The summed E-state index contributed by atoms with van der Waals surface area (Å²) in [5.41, 5.74) is 0. The van der Waals surface area contributed by atoms with Crippen molar-refractivity contribution in [2.24, 2.45) is 10.9 Å². The molecule has 0 amide bonds. The Kier molecular flexibility index (Phi) is 5.37. The fourth-order valence-corrected chi connectivity index (χ4v) is 4.03. The number of likely N-dealkylation sites (tertiary alicyclic amines) is 1. The molecule has 2 rings (SSSR count). The molecule has 2 unspecified atom stereocenters. The number of hydrogen-bond acceptors (Lipinski definition) is 4. The van der Waals surface area contributed by atoms with Crippen LogP contribution in [0, 0.1) is 5.92 Å². The number of nitrogens with zero attached hydrogens (tertiary/aromatic N) is 2. The predicted octanol–water partition coefficient (Wildman–Crippen LogP) is 2.58. The van der Waals surface area contributed by atoms with Crippen molar-refractivity contribution < 1.29 is 0 Å². The zero-order valence-electron chi connectivity index (χ0n) is 12.0. The van der Waals surface area contributed by atoms with Gasteiger partial charge in [0, 0.05) is 17.8 Å². The van der Waals surface area contributed by atoms with Crippen molar-refractivity contribution in [2.75, 3.05) is 26.7 Å². The molecule has 1 N–H and O–H groups in total. The summed E-state index contributed by atoms with van der Waals surface area (Å²) in [4.78, 5) is 7.12. The number of thioether (sulfide) groups is 1. The van der Waals surface area contributed by atoms with Crippen LogP contribution in [0.15, 0.2) is 4.99 Å². The van der Waals surface area contributed by atoms with E-state index in [1.165, 1.54) is 37.4 Å². The zero-order chi connectivity index (χ0) is 13.0. The third-order valence-electron chi connectivity index (χ3n) is 3.86. The summed E-state index contributed by atoms with van der Waals surface area (Å²) in [5.74, 6) is 0.779. The summed E-state index contributed by atoms with van der Waals surface area (Å²) in [5, 5.41) is 5.44. The first-order valence-corrected chi connectivity index (χ1v) is 8.18. The van der Waals surface area contributed by atoms with Crippen LogP contribution < -0.4 is 5.32 Å². The Morgan fingerprint density at radius 1 is 1.44 bits per heavy atom. The molecule has 0 spiro atoms. The van der Waals surface area contributed by atoms with Crippen LogP contribution in [0.2, 0.25) is 0 Å². The van der Waals surface area contributed by atoms with Gasteiger partial charge in [0.05, 0.1) is 6.54 Å². The molecule has 1 saturated heterocycles. The average molecular weight is 269 g/mol. The van der Waals surface area contributed by atoms with E-state index in [4.69, 9.17) is 0 Å². The van der Waals surface area contributed by atoms with E-state index in [2.05, 4.69) is 36.1 Å². The van der Waals surface area contributed by atoms with Crippen molar-refractivity contribution in [1.82, 2.24) is 10.2 Å². The molecule has 0 aromatic rings. The van der Waals surface area contributed by atoms with Gasteiger partial charge in [-0.2, -0.15) is 0 Å². The highest BCUT2D eigenvalue weighted by Crippen LogP contribution is 2.25. The highest BCUT2D eigenvalue weighted by Gasteiger charge is 2.23. The number of piperidine rings is 1. The van der Waals surface area contributed by atoms with Crippen LogP contribution >= 0.6 is 11.8 Å². The average Bonchev–Trinajstić information content (AvgIpc) is 2.75. The fraction of sp³-hybridized carbons (Fsp3) is 0.929. The first-order valence-electron chi connectivity index (χ1n) is 7.30. The molecule has 0 radical (unpaired) electrons. The molecule has 1 fully saturated rings. The lowest BCUT2D eigenvalue weighted by Crippen LogP contribution is -2.43. The van der Waals surface area contributed by atoms with Crippen molar-refractivity contribution in [3.63, 3.8) is 0 Å². The van der Waals surface area contributed by atoms with Crippen molar-refractivity contribution in [2.45, 2.75) is 50.8 Å². The standard InChI is InChI=1S/C14H27N3S/c1-11(2)8-13-10-16-14(18-13)15-9-12-6-4-5-7-17(12)3/h11-13H,4-10H2,1-3H3,(H,15,16). The van der Waals surface area contributed by atoms with Gasteiger partial charge in [-0.15, -0.1) is 0 Å². The Bertz CT molecular complexity index is 291. The third kappa shape index (κ3) is 4.16. The van der Waals surface area contributed by atoms with Gasteiger partial charge >= 0.3 is 0 Å². The van der Waals surface area contributed by atoms with Crippen LogP contribution in [0.5, 0.6) is 0 Å². The summed E-state index contributed by atoms with van der Waals surface area (Å²) < 4.78 is 0.